The molecule has 78 valence electrons. The Hall–Kier alpha value is -0.450. The Morgan fingerprint density at radius 1 is 1.64 bits per heavy atom. The van der Waals surface area contributed by atoms with Gasteiger partial charge in [0.05, 0.1) is 12.7 Å². The number of fused-ring (bicyclic) bond motifs is 1. The van der Waals surface area contributed by atoms with Crippen LogP contribution in [-0.2, 0) is 11.2 Å². The zero-order chi connectivity index (χ0) is 10.1. The Morgan fingerprint density at radius 2 is 2.43 bits per heavy atom. The number of ether oxygens (including phenoxy) is 1. The maximum atomic E-state index is 13.4. The number of halogens is 1. The molecule has 2 heterocycles. The Balaban J connectivity index is 2.36. The van der Waals surface area contributed by atoms with Gasteiger partial charge >= 0.3 is 0 Å². The van der Waals surface area contributed by atoms with Gasteiger partial charge in [-0.25, -0.2) is 0 Å². The topological polar surface area (TPSA) is 21.3 Å². The van der Waals surface area contributed by atoms with E-state index in [2.05, 4.69) is 5.32 Å². The molecule has 2 nitrogen and oxygen atoms in total. The summed E-state index contributed by atoms with van der Waals surface area (Å²) >= 11 is 1.27. The average molecular weight is 215 g/mol. The van der Waals surface area contributed by atoms with Crippen molar-refractivity contribution in [2.75, 3.05) is 20.2 Å². The highest BCUT2D eigenvalue weighted by Crippen LogP contribution is 2.36. The fraction of sp³-hybridized carbons (Fsp3) is 0.600. The van der Waals surface area contributed by atoms with Crippen molar-refractivity contribution in [3.63, 3.8) is 0 Å². The Morgan fingerprint density at radius 3 is 3.14 bits per heavy atom. The molecule has 1 aliphatic heterocycles. The van der Waals surface area contributed by atoms with Gasteiger partial charge in [0, 0.05) is 29.0 Å². The molecule has 1 unspecified atom stereocenters. The monoisotopic (exact) mass is 215 g/mol. The van der Waals surface area contributed by atoms with Crippen molar-refractivity contribution < 1.29 is 9.13 Å². The predicted molar refractivity (Wildman–Crippen MR) is 55.3 cm³/mol. The highest BCUT2D eigenvalue weighted by molar-refractivity contribution is 7.10. The molecule has 0 saturated heterocycles. The maximum Gasteiger partial charge on any atom is 0.179 e. The summed E-state index contributed by atoms with van der Waals surface area (Å²) in [4.78, 5) is 1.16. The van der Waals surface area contributed by atoms with Crippen molar-refractivity contribution in [1.82, 2.24) is 5.32 Å². The highest BCUT2D eigenvalue weighted by atomic mass is 32.1. The second-order valence-electron chi connectivity index (χ2n) is 3.50. The Kier molecular flexibility index (Phi) is 2.85. The Labute approximate surface area is 87.1 Å². The van der Waals surface area contributed by atoms with E-state index in [0.29, 0.717) is 6.61 Å². The molecule has 0 amide bonds. The molecule has 0 aliphatic carbocycles. The number of hydrogen-bond acceptors (Lipinski definition) is 3. The van der Waals surface area contributed by atoms with Crippen molar-refractivity contribution in [2.45, 2.75) is 19.4 Å². The number of rotatable bonds is 2. The van der Waals surface area contributed by atoms with Crippen LogP contribution in [0.15, 0.2) is 0 Å². The lowest BCUT2D eigenvalue weighted by Crippen LogP contribution is -2.24. The zero-order valence-corrected chi connectivity index (χ0v) is 9.21. The molecule has 1 atom stereocenters. The van der Waals surface area contributed by atoms with Crippen molar-refractivity contribution in [2.24, 2.45) is 0 Å². The predicted octanol–water partition coefficient (Wildman–Crippen LogP) is 2.03. The van der Waals surface area contributed by atoms with Gasteiger partial charge in [0.2, 0.25) is 0 Å². The first-order valence-electron chi connectivity index (χ1n) is 4.78. The Bertz CT molecular complexity index is 337. The zero-order valence-electron chi connectivity index (χ0n) is 8.39. The standard InChI is InChI=1S/C10H14FNOS/c1-6-9-7(5-12-2)13-4-3-8(9)14-10(6)11/h7,12H,3-5H2,1-2H3. The molecule has 0 spiro atoms. The summed E-state index contributed by atoms with van der Waals surface area (Å²) in [6.07, 6.45) is 0.884. The lowest BCUT2D eigenvalue weighted by Gasteiger charge is -2.23. The van der Waals surface area contributed by atoms with Gasteiger partial charge < -0.3 is 10.1 Å². The van der Waals surface area contributed by atoms with Crippen LogP contribution in [0, 0.1) is 12.1 Å². The molecule has 0 aromatic carbocycles. The van der Waals surface area contributed by atoms with Crippen LogP contribution >= 0.6 is 11.3 Å². The van der Waals surface area contributed by atoms with Gasteiger partial charge in [0.15, 0.2) is 5.13 Å². The van der Waals surface area contributed by atoms with Gasteiger partial charge in [-0.05, 0) is 14.0 Å². The summed E-state index contributed by atoms with van der Waals surface area (Å²) in [5, 5.41) is 3.02. The van der Waals surface area contributed by atoms with Gasteiger partial charge in [0.1, 0.15) is 0 Å². The summed E-state index contributed by atoms with van der Waals surface area (Å²) in [5.41, 5.74) is 1.85. The molecule has 2 rings (SSSR count). The van der Waals surface area contributed by atoms with Gasteiger partial charge in [-0.3, -0.25) is 0 Å². The third kappa shape index (κ3) is 1.58. The minimum Gasteiger partial charge on any atom is -0.372 e. The van der Waals surface area contributed by atoms with Gasteiger partial charge in [-0.2, -0.15) is 4.39 Å². The van der Waals surface area contributed by atoms with E-state index >= 15 is 0 Å². The van der Waals surface area contributed by atoms with Crippen LogP contribution in [0.3, 0.4) is 0 Å². The molecule has 0 radical (unpaired) electrons. The lowest BCUT2D eigenvalue weighted by atomic mass is 10.0. The molecular formula is C10H14FNOS. The van der Waals surface area contributed by atoms with Gasteiger partial charge in [0.25, 0.3) is 0 Å². The molecule has 1 aliphatic rings. The maximum absolute atomic E-state index is 13.4. The van der Waals surface area contributed by atoms with Crippen molar-refractivity contribution >= 4 is 11.3 Å². The summed E-state index contributed by atoms with van der Waals surface area (Å²) in [5.74, 6) is 0. The van der Waals surface area contributed by atoms with Crippen LogP contribution in [0.5, 0.6) is 0 Å². The molecular weight excluding hydrogens is 201 g/mol. The van der Waals surface area contributed by atoms with Crippen LogP contribution in [0.25, 0.3) is 0 Å². The number of thiophene rings is 1. The highest BCUT2D eigenvalue weighted by Gasteiger charge is 2.26. The van der Waals surface area contributed by atoms with E-state index < -0.39 is 0 Å². The van der Waals surface area contributed by atoms with E-state index in [1.54, 1.807) is 0 Å². The quantitative estimate of drug-likeness (QED) is 0.815. The first-order valence-corrected chi connectivity index (χ1v) is 5.59. The lowest BCUT2D eigenvalue weighted by molar-refractivity contribution is 0.0445. The summed E-state index contributed by atoms with van der Waals surface area (Å²) < 4.78 is 19.0. The SMILES string of the molecule is CNCC1OCCc2sc(F)c(C)c21. The molecule has 0 bridgehead atoms. The molecule has 0 fully saturated rings. The van der Waals surface area contributed by atoms with E-state index in [9.17, 15) is 4.39 Å². The molecule has 4 heteroatoms. The first kappa shape index (κ1) is 10.1. The van der Waals surface area contributed by atoms with Crippen molar-refractivity contribution in [3.05, 3.63) is 21.1 Å². The summed E-state index contributed by atoms with van der Waals surface area (Å²) in [6.45, 7) is 3.30. The number of nitrogens with one attached hydrogen (secondary N) is 1. The number of likely N-dealkylation sites (N-methyl/N-ethyl adjacent to an activating group) is 1. The van der Waals surface area contributed by atoms with E-state index in [4.69, 9.17) is 4.74 Å². The van der Waals surface area contributed by atoms with E-state index in [1.807, 2.05) is 14.0 Å². The van der Waals surface area contributed by atoms with Crippen LogP contribution in [0.2, 0.25) is 0 Å². The third-order valence-electron chi connectivity index (χ3n) is 2.57. The van der Waals surface area contributed by atoms with Crippen LogP contribution in [0.4, 0.5) is 4.39 Å². The summed E-state index contributed by atoms with van der Waals surface area (Å²) in [6, 6.07) is 0. The van der Waals surface area contributed by atoms with Crippen molar-refractivity contribution in [3.8, 4) is 0 Å². The summed E-state index contributed by atoms with van der Waals surface area (Å²) in [7, 11) is 1.88. The van der Waals surface area contributed by atoms with Crippen LogP contribution in [0.1, 0.15) is 22.1 Å². The van der Waals surface area contributed by atoms with Gasteiger partial charge in [-0.15, -0.1) is 11.3 Å². The fourth-order valence-corrected chi connectivity index (χ4v) is 2.94. The van der Waals surface area contributed by atoms with E-state index in [0.717, 1.165) is 29.0 Å². The molecule has 14 heavy (non-hydrogen) atoms. The first-order chi connectivity index (χ1) is 6.74. The minimum absolute atomic E-state index is 0.0319. The second-order valence-corrected chi connectivity index (χ2v) is 4.56. The van der Waals surface area contributed by atoms with Crippen LogP contribution in [-0.4, -0.2) is 20.2 Å². The average Bonchev–Trinajstić information content (AvgIpc) is 2.45. The van der Waals surface area contributed by atoms with E-state index in [-0.39, 0.29) is 11.2 Å². The largest absolute Gasteiger partial charge is 0.372 e. The fourth-order valence-electron chi connectivity index (χ4n) is 1.89. The number of hydrogen-bond donors (Lipinski definition) is 1. The smallest absolute Gasteiger partial charge is 0.179 e. The van der Waals surface area contributed by atoms with E-state index in [1.165, 1.54) is 11.3 Å². The molecule has 1 aromatic rings. The minimum atomic E-state index is -0.0541. The molecule has 0 saturated carbocycles. The van der Waals surface area contributed by atoms with Crippen molar-refractivity contribution in [1.29, 1.82) is 0 Å². The molecule has 1 aromatic heterocycles. The van der Waals surface area contributed by atoms with Gasteiger partial charge in [-0.1, -0.05) is 0 Å². The molecule has 1 N–H and O–H groups in total. The second kappa shape index (κ2) is 3.96. The third-order valence-corrected chi connectivity index (χ3v) is 3.73. The van der Waals surface area contributed by atoms with Crippen LogP contribution < -0.4 is 5.32 Å². The normalized spacial score (nSPS) is 20.9.